The van der Waals surface area contributed by atoms with Gasteiger partial charge >= 0.3 is 0 Å². The van der Waals surface area contributed by atoms with Gasteiger partial charge in [0.25, 0.3) is 0 Å². The average Bonchev–Trinajstić information content (AvgIpc) is 3.10. The van der Waals surface area contributed by atoms with Crippen LogP contribution in [0.25, 0.3) is 0 Å². The van der Waals surface area contributed by atoms with Crippen molar-refractivity contribution in [3.63, 3.8) is 0 Å². The van der Waals surface area contributed by atoms with Crippen molar-refractivity contribution in [2.24, 2.45) is 11.3 Å². The Bertz CT molecular complexity index is 478. The molecule has 0 radical (unpaired) electrons. The SMILES string of the molecule is CC(C)(C)CC(=O)Nc1ccc(C(=O)C2CC2)cc1. The zero-order valence-electron chi connectivity index (χ0n) is 11.8. The fourth-order valence-corrected chi connectivity index (χ4v) is 1.99. The van der Waals surface area contributed by atoms with Gasteiger partial charge in [-0.05, 0) is 42.5 Å². The molecule has 1 fully saturated rings. The van der Waals surface area contributed by atoms with Crippen molar-refractivity contribution >= 4 is 17.4 Å². The van der Waals surface area contributed by atoms with Crippen LogP contribution in [0.1, 0.15) is 50.4 Å². The Morgan fingerprint density at radius 1 is 1.16 bits per heavy atom. The van der Waals surface area contributed by atoms with Gasteiger partial charge in [-0.3, -0.25) is 9.59 Å². The smallest absolute Gasteiger partial charge is 0.224 e. The Morgan fingerprint density at radius 2 is 1.74 bits per heavy atom. The van der Waals surface area contributed by atoms with Crippen molar-refractivity contribution in [1.29, 1.82) is 0 Å². The molecule has 1 aliphatic rings. The predicted molar refractivity (Wildman–Crippen MR) is 76.2 cm³/mol. The molecule has 0 saturated heterocycles. The molecule has 19 heavy (non-hydrogen) atoms. The second-order valence-electron chi connectivity index (χ2n) is 6.50. The first-order chi connectivity index (χ1) is 8.85. The maximum atomic E-state index is 11.8. The van der Waals surface area contributed by atoms with E-state index in [1.807, 2.05) is 20.8 Å². The summed E-state index contributed by atoms with van der Waals surface area (Å²) in [5.74, 6) is 0.475. The van der Waals surface area contributed by atoms with Crippen LogP contribution >= 0.6 is 0 Å². The van der Waals surface area contributed by atoms with Crippen LogP contribution < -0.4 is 5.32 Å². The molecule has 1 aromatic rings. The van der Waals surface area contributed by atoms with Crippen molar-refractivity contribution in [2.75, 3.05) is 5.32 Å². The first kappa shape index (κ1) is 13.8. The maximum Gasteiger partial charge on any atom is 0.224 e. The van der Waals surface area contributed by atoms with Crippen molar-refractivity contribution in [2.45, 2.75) is 40.0 Å². The highest BCUT2D eigenvalue weighted by Crippen LogP contribution is 2.32. The molecule has 1 N–H and O–H groups in total. The first-order valence-corrected chi connectivity index (χ1v) is 6.79. The van der Waals surface area contributed by atoms with Gasteiger partial charge in [0.05, 0.1) is 0 Å². The topological polar surface area (TPSA) is 46.2 Å². The molecule has 1 aliphatic carbocycles. The van der Waals surface area contributed by atoms with E-state index in [1.54, 1.807) is 24.3 Å². The van der Waals surface area contributed by atoms with Gasteiger partial charge in [0, 0.05) is 23.6 Å². The molecule has 1 amide bonds. The Balaban J connectivity index is 1.95. The highest BCUT2D eigenvalue weighted by molar-refractivity contribution is 6.00. The number of hydrogen-bond donors (Lipinski definition) is 1. The Hall–Kier alpha value is -1.64. The van der Waals surface area contributed by atoms with E-state index in [1.165, 1.54) is 0 Å². The lowest BCUT2D eigenvalue weighted by Gasteiger charge is -2.17. The molecular weight excluding hydrogens is 238 g/mol. The number of Topliss-reactive ketones (excluding diaryl/α,β-unsaturated/α-hetero) is 1. The van der Waals surface area contributed by atoms with Gasteiger partial charge in [0.1, 0.15) is 0 Å². The second kappa shape index (κ2) is 5.16. The van der Waals surface area contributed by atoms with Crippen molar-refractivity contribution in [3.8, 4) is 0 Å². The molecule has 0 bridgehead atoms. The fraction of sp³-hybridized carbons (Fsp3) is 0.500. The van der Waals surface area contributed by atoms with E-state index in [4.69, 9.17) is 0 Å². The van der Waals surface area contributed by atoms with Crippen LogP contribution in [0.4, 0.5) is 5.69 Å². The van der Waals surface area contributed by atoms with Gasteiger partial charge in [-0.15, -0.1) is 0 Å². The minimum Gasteiger partial charge on any atom is -0.326 e. The lowest BCUT2D eigenvalue weighted by atomic mass is 9.92. The average molecular weight is 259 g/mol. The number of amides is 1. The third-order valence-corrected chi connectivity index (χ3v) is 3.09. The third kappa shape index (κ3) is 4.19. The largest absolute Gasteiger partial charge is 0.326 e. The molecular formula is C16H21NO2. The van der Waals surface area contributed by atoms with Gasteiger partial charge in [-0.25, -0.2) is 0 Å². The second-order valence-corrected chi connectivity index (χ2v) is 6.50. The summed E-state index contributed by atoms with van der Waals surface area (Å²) >= 11 is 0. The monoisotopic (exact) mass is 259 g/mol. The first-order valence-electron chi connectivity index (χ1n) is 6.79. The number of nitrogens with one attached hydrogen (secondary N) is 1. The van der Waals surface area contributed by atoms with Crippen LogP contribution in [0.15, 0.2) is 24.3 Å². The molecule has 3 heteroatoms. The third-order valence-electron chi connectivity index (χ3n) is 3.09. The molecule has 0 unspecified atom stereocenters. The van der Waals surface area contributed by atoms with Crippen LogP contribution in [-0.4, -0.2) is 11.7 Å². The van der Waals surface area contributed by atoms with E-state index < -0.39 is 0 Å². The summed E-state index contributed by atoms with van der Waals surface area (Å²) in [6.07, 6.45) is 2.52. The Morgan fingerprint density at radius 3 is 2.21 bits per heavy atom. The zero-order chi connectivity index (χ0) is 14.0. The van der Waals surface area contributed by atoms with Crippen LogP contribution in [0, 0.1) is 11.3 Å². The van der Waals surface area contributed by atoms with Gasteiger partial charge in [0.2, 0.25) is 5.91 Å². The van der Waals surface area contributed by atoms with Crippen LogP contribution in [-0.2, 0) is 4.79 Å². The van der Waals surface area contributed by atoms with Crippen LogP contribution in [0.2, 0.25) is 0 Å². The zero-order valence-corrected chi connectivity index (χ0v) is 11.8. The highest BCUT2D eigenvalue weighted by Gasteiger charge is 2.30. The number of anilines is 1. The van der Waals surface area contributed by atoms with Crippen molar-refractivity contribution < 1.29 is 9.59 Å². The van der Waals surface area contributed by atoms with E-state index >= 15 is 0 Å². The summed E-state index contributed by atoms with van der Waals surface area (Å²) < 4.78 is 0. The van der Waals surface area contributed by atoms with E-state index in [9.17, 15) is 9.59 Å². The number of benzene rings is 1. The van der Waals surface area contributed by atoms with Gasteiger partial charge in [0.15, 0.2) is 5.78 Å². The quantitative estimate of drug-likeness (QED) is 0.839. The Kier molecular flexibility index (Phi) is 3.74. The van der Waals surface area contributed by atoms with Gasteiger partial charge in [-0.1, -0.05) is 20.8 Å². The summed E-state index contributed by atoms with van der Waals surface area (Å²) in [5, 5.41) is 2.86. The minimum atomic E-state index is -0.0219. The molecule has 1 saturated carbocycles. The molecule has 1 aromatic carbocycles. The summed E-state index contributed by atoms with van der Waals surface area (Å²) in [4.78, 5) is 23.6. The molecule has 0 aromatic heterocycles. The predicted octanol–water partition coefficient (Wildman–Crippen LogP) is 3.65. The van der Waals surface area contributed by atoms with Gasteiger partial charge < -0.3 is 5.32 Å². The summed E-state index contributed by atoms with van der Waals surface area (Å²) in [6, 6.07) is 7.20. The van der Waals surface area contributed by atoms with Crippen LogP contribution in [0.5, 0.6) is 0 Å². The fourth-order valence-electron chi connectivity index (χ4n) is 1.99. The van der Waals surface area contributed by atoms with Crippen molar-refractivity contribution in [3.05, 3.63) is 29.8 Å². The normalized spacial score (nSPS) is 15.1. The lowest BCUT2D eigenvalue weighted by Crippen LogP contribution is -2.19. The summed E-state index contributed by atoms with van der Waals surface area (Å²) in [5.41, 5.74) is 1.48. The number of carbonyl (C=O) groups is 2. The number of rotatable bonds is 4. The molecule has 0 heterocycles. The summed E-state index contributed by atoms with van der Waals surface area (Å²) in [6.45, 7) is 6.10. The minimum absolute atomic E-state index is 0.00812. The van der Waals surface area contributed by atoms with Crippen LogP contribution in [0.3, 0.4) is 0 Å². The lowest BCUT2D eigenvalue weighted by molar-refractivity contribution is -0.117. The number of ketones is 1. The summed E-state index contributed by atoms with van der Waals surface area (Å²) in [7, 11) is 0. The van der Waals surface area contributed by atoms with E-state index in [-0.39, 0.29) is 23.0 Å². The Labute approximate surface area is 114 Å². The molecule has 0 aliphatic heterocycles. The molecule has 3 nitrogen and oxygen atoms in total. The molecule has 0 spiro atoms. The van der Waals surface area contributed by atoms with E-state index in [0.717, 1.165) is 24.1 Å². The van der Waals surface area contributed by atoms with Crippen molar-refractivity contribution in [1.82, 2.24) is 0 Å². The maximum absolute atomic E-state index is 11.8. The number of hydrogen-bond acceptors (Lipinski definition) is 2. The molecule has 102 valence electrons. The molecule has 0 atom stereocenters. The standard InChI is InChI=1S/C16H21NO2/c1-16(2,3)10-14(18)17-13-8-6-12(7-9-13)15(19)11-4-5-11/h6-9,11H,4-5,10H2,1-3H3,(H,17,18). The number of carbonyl (C=O) groups excluding carboxylic acids is 2. The van der Waals surface area contributed by atoms with E-state index in [0.29, 0.717) is 6.42 Å². The van der Waals surface area contributed by atoms with Gasteiger partial charge in [-0.2, -0.15) is 0 Å². The molecule has 2 rings (SSSR count). The highest BCUT2D eigenvalue weighted by atomic mass is 16.1. The van der Waals surface area contributed by atoms with E-state index in [2.05, 4.69) is 5.32 Å².